The number of rotatable bonds is 10. The van der Waals surface area contributed by atoms with Crippen LogP contribution < -0.4 is 19.5 Å². The zero-order valence-electron chi connectivity index (χ0n) is 13.0. The van der Waals surface area contributed by atoms with Crippen LogP contribution in [0.4, 0.5) is 0 Å². The van der Waals surface area contributed by atoms with Gasteiger partial charge >= 0.3 is 0 Å². The van der Waals surface area contributed by atoms with Gasteiger partial charge in [-0.2, -0.15) is 0 Å². The van der Waals surface area contributed by atoms with Crippen molar-refractivity contribution >= 4 is 0 Å². The lowest BCUT2D eigenvalue weighted by molar-refractivity contribution is 0.102. The molecule has 1 atom stereocenters. The van der Waals surface area contributed by atoms with Crippen molar-refractivity contribution in [1.29, 1.82) is 0 Å². The third-order valence-corrected chi connectivity index (χ3v) is 2.70. The van der Waals surface area contributed by atoms with E-state index in [4.69, 9.17) is 14.2 Å². The Bertz CT molecular complexity index is 434. The molecule has 0 aliphatic rings. The summed E-state index contributed by atoms with van der Waals surface area (Å²) in [6, 6.07) is 5.62. The Hall–Kier alpha value is -1.72. The summed E-state index contributed by atoms with van der Waals surface area (Å²) in [4.78, 5) is 0. The van der Waals surface area contributed by atoms with Gasteiger partial charge in [-0.3, -0.25) is 0 Å². The van der Waals surface area contributed by atoms with E-state index in [1.54, 1.807) is 31.4 Å². The van der Waals surface area contributed by atoms with Gasteiger partial charge in [0.05, 0.1) is 7.11 Å². The average molecular weight is 295 g/mol. The molecular formula is C16H25NO4. The van der Waals surface area contributed by atoms with Crippen molar-refractivity contribution in [3.63, 3.8) is 0 Å². The fourth-order valence-corrected chi connectivity index (χ4v) is 1.61. The minimum atomic E-state index is -0.582. The lowest BCUT2D eigenvalue weighted by Gasteiger charge is -2.17. The predicted molar refractivity (Wildman–Crippen MR) is 83.3 cm³/mol. The van der Waals surface area contributed by atoms with Crippen LogP contribution in [-0.2, 0) is 0 Å². The molecule has 5 heteroatoms. The monoisotopic (exact) mass is 295 g/mol. The predicted octanol–water partition coefficient (Wildman–Crippen LogP) is 2.00. The van der Waals surface area contributed by atoms with Gasteiger partial charge < -0.3 is 24.6 Å². The van der Waals surface area contributed by atoms with Gasteiger partial charge in [0, 0.05) is 18.7 Å². The van der Waals surface area contributed by atoms with Gasteiger partial charge in [-0.15, -0.1) is 0 Å². The minimum Gasteiger partial charge on any atom is -0.497 e. The standard InChI is InChI=1S/C16H25NO4/c1-5-8-20-16-9-14(19-4)6-7-15(16)21-11-13(18)10-17-12(2)3/h5-7,9,12-13,17-18H,1,8,10-11H2,2-4H3. The Balaban J connectivity index is 2.61. The summed E-state index contributed by atoms with van der Waals surface area (Å²) in [7, 11) is 1.59. The molecule has 1 rings (SSSR count). The summed E-state index contributed by atoms with van der Waals surface area (Å²) in [5.74, 6) is 1.82. The molecule has 0 spiro atoms. The van der Waals surface area contributed by atoms with Crippen LogP contribution >= 0.6 is 0 Å². The molecule has 118 valence electrons. The molecule has 21 heavy (non-hydrogen) atoms. The van der Waals surface area contributed by atoms with E-state index in [0.29, 0.717) is 36.4 Å². The van der Waals surface area contributed by atoms with Gasteiger partial charge in [0.1, 0.15) is 25.1 Å². The van der Waals surface area contributed by atoms with Crippen LogP contribution in [0.3, 0.4) is 0 Å². The SMILES string of the molecule is C=CCOc1cc(OC)ccc1OCC(O)CNC(C)C. The lowest BCUT2D eigenvalue weighted by Crippen LogP contribution is -2.35. The molecule has 0 aliphatic carbocycles. The number of nitrogens with one attached hydrogen (secondary N) is 1. The van der Waals surface area contributed by atoms with Gasteiger partial charge in [0.15, 0.2) is 11.5 Å². The Morgan fingerprint density at radius 2 is 2.05 bits per heavy atom. The molecule has 0 heterocycles. The highest BCUT2D eigenvalue weighted by Crippen LogP contribution is 2.31. The van der Waals surface area contributed by atoms with E-state index in [1.807, 2.05) is 13.8 Å². The second-order valence-corrected chi connectivity index (χ2v) is 4.94. The highest BCUT2D eigenvalue weighted by atomic mass is 16.5. The fourth-order valence-electron chi connectivity index (χ4n) is 1.61. The number of hydrogen-bond donors (Lipinski definition) is 2. The lowest BCUT2D eigenvalue weighted by atomic mass is 10.3. The van der Waals surface area contributed by atoms with Crippen molar-refractivity contribution in [3.05, 3.63) is 30.9 Å². The third kappa shape index (κ3) is 6.51. The first-order valence-corrected chi connectivity index (χ1v) is 7.02. The summed E-state index contributed by atoms with van der Waals surface area (Å²) in [5.41, 5.74) is 0. The molecule has 5 nitrogen and oxygen atoms in total. The molecule has 0 bridgehead atoms. The summed E-state index contributed by atoms with van der Waals surface area (Å²) >= 11 is 0. The Morgan fingerprint density at radius 1 is 1.29 bits per heavy atom. The third-order valence-electron chi connectivity index (χ3n) is 2.70. The van der Waals surface area contributed by atoms with Gasteiger partial charge in [0.2, 0.25) is 0 Å². The Morgan fingerprint density at radius 3 is 2.67 bits per heavy atom. The molecule has 0 saturated carbocycles. The summed E-state index contributed by atoms with van der Waals surface area (Å²) in [5, 5.41) is 13.0. The van der Waals surface area contributed by atoms with Gasteiger partial charge in [-0.05, 0) is 12.1 Å². The molecule has 0 radical (unpaired) electrons. The van der Waals surface area contributed by atoms with Crippen LogP contribution in [0.15, 0.2) is 30.9 Å². The van der Waals surface area contributed by atoms with E-state index < -0.39 is 6.10 Å². The maximum atomic E-state index is 9.86. The van der Waals surface area contributed by atoms with Crippen molar-refractivity contribution in [2.45, 2.75) is 26.0 Å². The highest BCUT2D eigenvalue weighted by molar-refractivity contribution is 5.45. The second-order valence-electron chi connectivity index (χ2n) is 4.94. The largest absolute Gasteiger partial charge is 0.497 e. The van der Waals surface area contributed by atoms with Crippen LogP contribution in [0.2, 0.25) is 0 Å². The number of hydrogen-bond acceptors (Lipinski definition) is 5. The molecule has 2 N–H and O–H groups in total. The van der Waals surface area contributed by atoms with Crippen LogP contribution in [0.1, 0.15) is 13.8 Å². The zero-order valence-corrected chi connectivity index (χ0v) is 13.0. The first-order chi connectivity index (χ1) is 10.1. The van der Waals surface area contributed by atoms with Gasteiger partial charge in [-0.25, -0.2) is 0 Å². The maximum absolute atomic E-state index is 9.86. The zero-order chi connectivity index (χ0) is 15.7. The smallest absolute Gasteiger partial charge is 0.165 e. The molecule has 0 fully saturated rings. The second kappa shape index (κ2) is 9.26. The molecule has 0 saturated heterocycles. The van der Waals surface area contributed by atoms with Crippen molar-refractivity contribution in [2.75, 3.05) is 26.9 Å². The number of benzene rings is 1. The van der Waals surface area contributed by atoms with Crippen LogP contribution in [-0.4, -0.2) is 44.1 Å². The minimum absolute atomic E-state index is 0.191. The van der Waals surface area contributed by atoms with E-state index in [9.17, 15) is 5.11 Å². The van der Waals surface area contributed by atoms with Crippen LogP contribution in [0, 0.1) is 0 Å². The molecule has 1 aromatic rings. The van der Waals surface area contributed by atoms with Crippen molar-refractivity contribution in [1.82, 2.24) is 5.32 Å². The van der Waals surface area contributed by atoms with E-state index in [0.717, 1.165) is 0 Å². The van der Waals surface area contributed by atoms with Crippen molar-refractivity contribution in [2.24, 2.45) is 0 Å². The number of ether oxygens (including phenoxy) is 3. The van der Waals surface area contributed by atoms with Crippen LogP contribution in [0.25, 0.3) is 0 Å². The molecule has 0 aromatic heterocycles. The topological polar surface area (TPSA) is 60.0 Å². The molecule has 0 amide bonds. The molecule has 0 aliphatic heterocycles. The van der Waals surface area contributed by atoms with Crippen molar-refractivity contribution in [3.8, 4) is 17.2 Å². The van der Waals surface area contributed by atoms with E-state index in [-0.39, 0.29) is 6.61 Å². The number of aliphatic hydroxyl groups is 1. The van der Waals surface area contributed by atoms with E-state index in [1.165, 1.54) is 0 Å². The average Bonchev–Trinajstić information content (AvgIpc) is 2.49. The molecular weight excluding hydrogens is 270 g/mol. The molecule has 1 unspecified atom stereocenters. The summed E-state index contributed by atoms with van der Waals surface area (Å²) in [6.07, 6.45) is 1.08. The number of aliphatic hydroxyl groups excluding tert-OH is 1. The quantitative estimate of drug-likeness (QED) is 0.647. The Labute approximate surface area is 126 Å². The van der Waals surface area contributed by atoms with Gasteiger partial charge in [-0.1, -0.05) is 26.5 Å². The maximum Gasteiger partial charge on any atom is 0.165 e. The summed E-state index contributed by atoms with van der Waals surface area (Å²) in [6.45, 7) is 8.72. The molecule has 1 aromatic carbocycles. The number of methoxy groups -OCH3 is 1. The fraction of sp³-hybridized carbons (Fsp3) is 0.500. The van der Waals surface area contributed by atoms with E-state index in [2.05, 4.69) is 11.9 Å². The van der Waals surface area contributed by atoms with E-state index >= 15 is 0 Å². The summed E-state index contributed by atoms with van der Waals surface area (Å²) < 4.78 is 16.3. The Kier molecular flexibility index (Phi) is 7.64. The first kappa shape index (κ1) is 17.3. The highest BCUT2D eigenvalue weighted by Gasteiger charge is 2.10. The van der Waals surface area contributed by atoms with Crippen molar-refractivity contribution < 1.29 is 19.3 Å². The van der Waals surface area contributed by atoms with Crippen LogP contribution in [0.5, 0.6) is 17.2 Å². The first-order valence-electron chi connectivity index (χ1n) is 7.02. The van der Waals surface area contributed by atoms with Gasteiger partial charge in [0.25, 0.3) is 0 Å². The normalized spacial score (nSPS) is 12.0.